The second-order valence-corrected chi connectivity index (χ2v) is 11.4. The highest BCUT2D eigenvalue weighted by molar-refractivity contribution is 7.99. The van der Waals surface area contributed by atoms with Crippen LogP contribution in [0.1, 0.15) is 29.2 Å². The molecule has 216 valence electrons. The Labute approximate surface area is 249 Å². The van der Waals surface area contributed by atoms with Crippen LogP contribution < -0.4 is 0 Å². The maximum absolute atomic E-state index is 14.2. The fourth-order valence-corrected chi connectivity index (χ4v) is 6.52. The van der Waals surface area contributed by atoms with Crippen LogP contribution in [0, 0.1) is 29.9 Å². The van der Waals surface area contributed by atoms with Gasteiger partial charge in [0.2, 0.25) is 0 Å². The molecule has 2 aliphatic rings. The molecule has 4 heterocycles. The molecule has 4 unspecified atom stereocenters. The Morgan fingerprint density at radius 1 is 1.14 bits per heavy atom. The van der Waals surface area contributed by atoms with Crippen molar-refractivity contribution >= 4 is 23.4 Å². The van der Waals surface area contributed by atoms with Crippen molar-refractivity contribution in [1.82, 2.24) is 20.0 Å². The summed E-state index contributed by atoms with van der Waals surface area (Å²) in [5.74, 6) is -1.81. The van der Waals surface area contributed by atoms with Gasteiger partial charge in [-0.05, 0) is 30.7 Å². The third-order valence-corrected chi connectivity index (χ3v) is 8.62. The number of pyridine rings is 1. The summed E-state index contributed by atoms with van der Waals surface area (Å²) >= 11 is 6.98. The maximum Gasteiger partial charge on any atom is 0.184 e. The molecule has 6 rings (SSSR count). The molecule has 6 atom stereocenters. The van der Waals surface area contributed by atoms with E-state index in [0.717, 1.165) is 23.3 Å². The molecule has 0 saturated carbocycles. The molecule has 2 fully saturated rings. The van der Waals surface area contributed by atoms with Gasteiger partial charge in [-0.1, -0.05) is 58.9 Å². The van der Waals surface area contributed by atoms with Crippen LogP contribution in [0.3, 0.4) is 0 Å². The largest absolute Gasteiger partial charge is 0.375 e. The monoisotopic (exact) mass is 611 g/mol. The van der Waals surface area contributed by atoms with E-state index in [1.54, 1.807) is 24.2 Å². The summed E-state index contributed by atoms with van der Waals surface area (Å²) in [5.41, 5.74) is 1.75. The molecule has 2 saturated heterocycles. The lowest BCUT2D eigenvalue weighted by Gasteiger charge is -2.48. The smallest absolute Gasteiger partial charge is 0.184 e. The van der Waals surface area contributed by atoms with E-state index >= 15 is 0 Å². The lowest BCUT2D eigenvalue weighted by atomic mass is 9.95. The lowest BCUT2D eigenvalue weighted by Crippen LogP contribution is -2.59. The van der Waals surface area contributed by atoms with Crippen molar-refractivity contribution in [2.45, 2.75) is 47.9 Å². The summed E-state index contributed by atoms with van der Waals surface area (Å²) in [7, 11) is 1.55. The van der Waals surface area contributed by atoms with E-state index < -0.39 is 52.7 Å². The summed E-state index contributed by atoms with van der Waals surface area (Å²) in [4.78, 5) is 4.88. The van der Waals surface area contributed by atoms with Gasteiger partial charge in [0, 0.05) is 29.3 Å². The Morgan fingerprint density at radius 3 is 2.62 bits per heavy atom. The number of methoxy groups -OCH3 is 1. The van der Waals surface area contributed by atoms with Crippen LogP contribution in [0.2, 0.25) is 5.02 Å². The normalized spacial score (nSPS) is 25.5. The summed E-state index contributed by atoms with van der Waals surface area (Å²) < 4.78 is 55.1. The minimum absolute atomic E-state index is 0.170. The second kappa shape index (κ2) is 12.0. The first-order valence-electron chi connectivity index (χ1n) is 13.0. The standard InChI is InChI=1S/C29H24ClF2N5O4S/c1-15-8-23(20(11-33)34-12-15)42-29-27(38-2)25(26-22(40-29)14-39-28(41-26)16-6-4-3-5-7-16)37-13-21(35-36-37)17-9-18(31)24(30)19(32)10-17/h3-10,12-13,22,25-29H,14H2,1-2H3/t22?,25?,26-,27?,28?,29+/m0/s1. The van der Waals surface area contributed by atoms with Gasteiger partial charge in [0.05, 0.1) is 12.8 Å². The van der Waals surface area contributed by atoms with Crippen LogP contribution in [-0.4, -0.2) is 57.4 Å². The summed E-state index contributed by atoms with van der Waals surface area (Å²) in [6.45, 7) is 2.10. The minimum Gasteiger partial charge on any atom is -0.375 e. The highest BCUT2D eigenvalue weighted by Gasteiger charge is 2.52. The summed E-state index contributed by atoms with van der Waals surface area (Å²) in [6, 6.07) is 15.1. The van der Waals surface area contributed by atoms with Crippen molar-refractivity contribution in [3.63, 3.8) is 0 Å². The van der Waals surface area contributed by atoms with Crippen LogP contribution in [0.4, 0.5) is 8.78 Å². The zero-order valence-corrected chi connectivity index (χ0v) is 23.9. The number of fused-ring (bicyclic) bond motifs is 1. The fourth-order valence-electron chi connectivity index (χ4n) is 5.09. The lowest BCUT2D eigenvalue weighted by molar-refractivity contribution is -0.308. The Kier molecular flexibility index (Phi) is 8.22. The molecule has 4 aromatic rings. The SMILES string of the molecule is COC1C(n2cc(-c3cc(F)c(Cl)c(F)c3)nn2)[C@H]2OC(c3ccccc3)OCC2O[C@@H]1Sc1cc(C)cnc1C#N. The zero-order valence-electron chi connectivity index (χ0n) is 22.4. The number of aromatic nitrogens is 4. The van der Waals surface area contributed by atoms with Crippen LogP contribution >= 0.6 is 23.4 Å². The van der Waals surface area contributed by atoms with Gasteiger partial charge in [-0.25, -0.2) is 18.4 Å². The molecule has 2 aromatic carbocycles. The fraction of sp³-hybridized carbons (Fsp3) is 0.310. The number of hydrogen-bond acceptors (Lipinski definition) is 9. The maximum atomic E-state index is 14.2. The predicted molar refractivity (Wildman–Crippen MR) is 148 cm³/mol. The number of thioether (sulfide) groups is 1. The molecule has 0 radical (unpaired) electrons. The van der Waals surface area contributed by atoms with E-state index in [-0.39, 0.29) is 23.6 Å². The highest BCUT2D eigenvalue weighted by atomic mass is 35.5. The van der Waals surface area contributed by atoms with Crippen molar-refractivity contribution in [2.75, 3.05) is 13.7 Å². The quantitative estimate of drug-likeness (QED) is 0.256. The molecule has 2 aromatic heterocycles. The Morgan fingerprint density at radius 2 is 1.90 bits per heavy atom. The van der Waals surface area contributed by atoms with E-state index in [4.69, 9.17) is 30.5 Å². The number of aryl methyl sites for hydroxylation is 1. The van der Waals surface area contributed by atoms with Gasteiger partial charge in [0.1, 0.15) is 58.2 Å². The molecule has 13 heteroatoms. The highest BCUT2D eigenvalue weighted by Crippen LogP contribution is 2.45. The van der Waals surface area contributed by atoms with Gasteiger partial charge in [-0.2, -0.15) is 5.26 Å². The van der Waals surface area contributed by atoms with Crippen molar-refractivity contribution < 1.29 is 27.7 Å². The van der Waals surface area contributed by atoms with Gasteiger partial charge in [0.25, 0.3) is 0 Å². The average molecular weight is 612 g/mol. The van der Waals surface area contributed by atoms with Crippen molar-refractivity contribution in [1.29, 1.82) is 5.26 Å². The molecule has 2 aliphatic heterocycles. The number of hydrogen-bond donors (Lipinski definition) is 0. The zero-order chi connectivity index (χ0) is 29.4. The number of ether oxygens (including phenoxy) is 4. The minimum atomic E-state index is -0.905. The Bertz CT molecular complexity index is 1620. The molecule has 0 spiro atoms. The molecule has 0 amide bonds. The van der Waals surface area contributed by atoms with Gasteiger partial charge in [-0.3, -0.25) is 0 Å². The molecule has 0 bridgehead atoms. The molecule has 42 heavy (non-hydrogen) atoms. The number of nitrogens with zero attached hydrogens (tertiary/aromatic N) is 5. The number of nitriles is 1. The molecule has 0 aliphatic carbocycles. The number of benzene rings is 2. The van der Waals surface area contributed by atoms with Crippen LogP contribution in [0.15, 0.2) is 65.8 Å². The van der Waals surface area contributed by atoms with Gasteiger partial charge >= 0.3 is 0 Å². The molecule has 0 N–H and O–H groups in total. The predicted octanol–water partition coefficient (Wildman–Crippen LogP) is 5.64. The van der Waals surface area contributed by atoms with Crippen LogP contribution in [-0.2, 0) is 18.9 Å². The van der Waals surface area contributed by atoms with E-state index in [1.165, 1.54) is 11.8 Å². The summed E-state index contributed by atoms with van der Waals surface area (Å²) in [6.07, 6.45) is 0.724. The first-order valence-corrected chi connectivity index (χ1v) is 14.2. The van der Waals surface area contributed by atoms with Gasteiger partial charge in [0.15, 0.2) is 12.0 Å². The van der Waals surface area contributed by atoms with Crippen molar-refractivity contribution in [2.24, 2.45) is 0 Å². The van der Waals surface area contributed by atoms with Crippen molar-refractivity contribution in [3.8, 4) is 17.3 Å². The molecular formula is C29H24ClF2N5O4S. The number of halogens is 3. The Hall–Kier alpha value is -3.44. The first kappa shape index (κ1) is 28.7. The van der Waals surface area contributed by atoms with Gasteiger partial charge < -0.3 is 18.9 Å². The van der Waals surface area contributed by atoms with E-state index in [0.29, 0.717) is 4.90 Å². The third kappa shape index (κ3) is 5.51. The third-order valence-electron chi connectivity index (χ3n) is 7.09. The van der Waals surface area contributed by atoms with Crippen LogP contribution in [0.25, 0.3) is 11.3 Å². The van der Waals surface area contributed by atoms with E-state index in [1.807, 2.05) is 43.3 Å². The van der Waals surface area contributed by atoms with E-state index in [9.17, 15) is 14.0 Å². The topological polar surface area (TPSA) is 104 Å². The number of rotatable bonds is 6. The van der Waals surface area contributed by atoms with E-state index in [2.05, 4.69) is 21.4 Å². The molecule has 9 nitrogen and oxygen atoms in total. The van der Waals surface area contributed by atoms with Crippen LogP contribution in [0.5, 0.6) is 0 Å². The summed E-state index contributed by atoms with van der Waals surface area (Å²) in [5, 5.41) is 17.6. The second-order valence-electron chi connectivity index (χ2n) is 9.84. The van der Waals surface area contributed by atoms with Crippen molar-refractivity contribution in [3.05, 3.63) is 94.4 Å². The molecular weight excluding hydrogens is 588 g/mol. The Balaban J connectivity index is 1.39. The van der Waals surface area contributed by atoms with Gasteiger partial charge in [-0.15, -0.1) is 5.10 Å². The first-order chi connectivity index (χ1) is 20.4. The average Bonchev–Trinajstić information content (AvgIpc) is 3.49.